The van der Waals surface area contributed by atoms with Crippen LogP contribution in [0.1, 0.15) is 69.8 Å². The lowest BCUT2D eigenvalue weighted by Gasteiger charge is -2.34. The number of carbonyl (C=O) groups excluding carboxylic acids is 1. The second-order valence-corrected chi connectivity index (χ2v) is 9.58. The molecule has 2 aliphatic rings. The topological polar surface area (TPSA) is 82.2 Å². The van der Waals surface area contributed by atoms with Gasteiger partial charge in [0, 0.05) is 31.4 Å². The van der Waals surface area contributed by atoms with E-state index in [9.17, 15) is 4.79 Å². The largest absolute Gasteiger partial charge is 0.351 e. The number of rotatable bonds is 5. The molecule has 1 aromatic carbocycles. The smallest absolute Gasteiger partial charge is 0.261 e. The zero-order valence-electron chi connectivity index (χ0n) is 19.2. The second-order valence-electron chi connectivity index (χ2n) is 9.58. The van der Waals surface area contributed by atoms with Gasteiger partial charge in [-0.05, 0) is 56.2 Å². The maximum Gasteiger partial charge on any atom is 0.261 e. The summed E-state index contributed by atoms with van der Waals surface area (Å²) in [5.41, 5.74) is 3.31. The highest BCUT2D eigenvalue weighted by Crippen LogP contribution is 2.36. The minimum Gasteiger partial charge on any atom is -0.351 e. The Kier molecular flexibility index (Phi) is 5.88. The Morgan fingerprint density at radius 2 is 1.94 bits per heavy atom. The van der Waals surface area contributed by atoms with Gasteiger partial charge in [0.25, 0.3) is 5.91 Å². The number of likely N-dealkylation sites (tertiary alicyclic amines) is 1. The molecule has 7 nitrogen and oxygen atoms in total. The third kappa shape index (κ3) is 4.51. The van der Waals surface area contributed by atoms with Crippen molar-refractivity contribution in [1.82, 2.24) is 14.9 Å². The molecule has 0 unspecified atom stereocenters. The third-order valence-corrected chi connectivity index (χ3v) is 6.81. The first-order valence-electron chi connectivity index (χ1n) is 11.4. The minimum absolute atomic E-state index is 0.0426. The average Bonchev–Trinajstić information content (AvgIpc) is 2.88. The number of hydrogen-bond acceptors (Lipinski definition) is 6. The molecule has 1 fully saturated rings. The average molecular weight is 423 g/mol. The van der Waals surface area contributed by atoms with Crippen molar-refractivity contribution in [1.29, 1.82) is 0 Å². The minimum atomic E-state index is -0.190. The summed E-state index contributed by atoms with van der Waals surface area (Å²) in [6, 6.07) is 7.13. The first kappa shape index (κ1) is 21.6. The number of benzene rings is 1. The zero-order chi connectivity index (χ0) is 22.2. The van der Waals surface area contributed by atoms with Crippen molar-refractivity contribution in [3.8, 4) is 0 Å². The molecule has 3 heterocycles. The number of amides is 1. The predicted molar refractivity (Wildman–Crippen MR) is 126 cm³/mol. The number of nitrogens with zero attached hydrogens (tertiary/aromatic N) is 3. The maximum absolute atomic E-state index is 12.8. The van der Waals surface area contributed by atoms with E-state index in [-0.39, 0.29) is 11.3 Å². The molecule has 0 saturated carbocycles. The van der Waals surface area contributed by atoms with Gasteiger partial charge in [0.05, 0.1) is 11.4 Å². The van der Waals surface area contributed by atoms with Crippen LogP contribution in [0.4, 0.5) is 23.1 Å². The lowest BCUT2D eigenvalue weighted by atomic mass is 9.82. The van der Waals surface area contributed by atoms with Crippen LogP contribution in [-0.4, -0.2) is 45.9 Å². The lowest BCUT2D eigenvalue weighted by Crippen LogP contribution is -2.42. The molecule has 4 rings (SSSR count). The number of piperidine rings is 1. The van der Waals surface area contributed by atoms with Gasteiger partial charge in [0.2, 0.25) is 5.95 Å². The van der Waals surface area contributed by atoms with Crippen molar-refractivity contribution in [2.45, 2.75) is 71.4 Å². The van der Waals surface area contributed by atoms with Crippen molar-refractivity contribution in [2.24, 2.45) is 0 Å². The standard InChI is InChI=1S/C24H34N6O/c1-6-24(4,5)16-7-8-19-20(13-16)28-22(31)18-14-25-23(29-21(18)27-19)26-17-9-11-30(12-10-17)15(2)3/h7-8,13-15,17H,6,9-12H2,1-5H3,(H,28,31)(H2,25,26,27,29). The van der Waals surface area contributed by atoms with Gasteiger partial charge in [0.1, 0.15) is 11.4 Å². The molecule has 3 N–H and O–H groups in total. The van der Waals surface area contributed by atoms with Gasteiger partial charge in [-0.1, -0.05) is 26.8 Å². The Morgan fingerprint density at radius 1 is 1.19 bits per heavy atom. The summed E-state index contributed by atoms with van der Waals surface area (Å²) in [4.78, 5) is 24.4. The summed E-state index contributed by atoms with van der Waals surface area (Å²) in [6.45, 7) is 13.2. The number of aromatic nitrogens is 2. The van der Waals surface area contributed by atoms with Gasteiger partial charge in [-0.3, -0.25) is 4.79 Å². The third-order valence-electron chi connectivity index (χ3n) is 6.81. The Balaban J connectivity index is 1.53. The van der Waals surface area contributed by atoms with E-state index in [4.69, 9.17) is 0 Å². The number of hydrogen-bond donors (Lipinski definition) is 3. The fourth-order valence-electron chi connectivity index (χ4n) is 4.15. The summed E-state index contributed by atoms with van der Waals surface area (Å²) >= 11 is 0. The van der Waals surface area contributed by atoms with Crippen LogP contribution in [-0.2, 0) is 5.41 Å². The summed E-state index contributed by atoms with van der Waals surface area (Å²) in [5, 5.41) is 9.84. The molecule has 166 valence electrons. The van der Waals surface area contributed by atoms with Gasteiger partial charge in [-0.15, -0.1) is 0 Å². The van der Waals surface area contributed by atoms with E-state index < -0.39 is 0 Å². The van der Waals surface area contributed by atoms with Crippen molar-refractivity contribution < 1.29 is 4.79 Å². The van der Waals surface area contributed by atoms with E-state index in [1.807, 2.05) is 6.07 Å². The molecule has 1 aromatic heterocycles. The molecule has 7 heteroatoms. The monoisotopic (exact) mass is 422 g/mol. The normalized spacial score (nSPS) is 17.4. The van der Waals surface area contributed by atoms with Gasteiger partial charge < -0.3 is 20.9 Å². The van der Waals surface area contributed by atoms with E-state index in [0.29, 0.717) is 29.4 Å². The number of nitrogens with one attached hydrogen (secondary N) is 3. The van der Waals surface area contributed by atoms with Crippen molar-refractivity contribution in [3.63, 3.8) is 0 Å². The van der Waals surface area contributed by atoms with E-state index >= 15 is 0 Å². The lowest BCUT2D eigenvalue weighted by molar-refractivity contribution is 0.102. The van der Waals surface area contributed by atoms with E-state index in [2.05, 4.69) is 77.6 Å². The maximum atomic E-state index is 12.8. The molecule has 0 aliphatic carbocycles. The molecule has 0 spiro atoms. The molecular formula is C24H34N6O. The SMILES string of the molecule is CCC(C)(C)c1ccc2c(c1)NC(=O)c1cnc(NC3CCN(C(C)C)CC3)nc1N2. The first-order valence-corrected chi connectivity index (χ1v) is 11.4. The fraction of sp³-hybridized carbons (Fsp3) is 0.542. The second kappa shape index (κ2) is 8.46. The Bertz CT molecular complexity index is 963. The molecule has 0 radical (unpaired) electrons. The first-order chi connectivity index (χ1) is 14.8. The number of anilines is 4. The van der Waals surface area contributed by atoms with Gasteiger partial charge in [0.15, 0.2) is 0 Å². The van der Waals surface area contributed by atoms with Crippen molar-refractivity contribution >= 4 is 29.0 Å². The highest BCUT2D eigenvalue weighted by atomic mass is 16.1. The van der Waals surface area contributed by atoms with Crippen LogP contribution in [0.5, 0.6) is 0 Å². The van der Waals surface area contributed by atoms with E-state index in [1.54, 1.807) is 6.20 Å². The van der Waals surface area contributed by atoms with Crippen LogP contribution >= 0.6 is 0 Å². The quantitative estimate of drug-likeness (QED) is 0.645. The van der Waals surface area contributed by atoms with Gasteiger partial charge in [-0.2, -0.15) is 4.98 Å². The van der Waals surface area contributed by atoms with Crippen LogP contribution < -0.4 is 16.0 Å². The van der Waals surface area contributed by atoms with Crippen molar-refractivity contribution in [2.75, 3.05) is 29.0 Å². The van der Waals surface area contributed by atoms with Gasteiger partial charge in [-0.25, -0.2) is 4.98 Å². The molecule has 0 atom stereocenters. The fourth-order valence-corrected chi connectivity index (χ4v) is 4.15. The van der Waals surface area contributed by atoms with Crippen LogP contribution in [0.2, 0.25) is 0 Å². The summed E-state index contributed by atoms with van der Waals surface area (Å²) in [6.07, 6.45) is 4.75. The molecule has 1 amide bonds. The van der Waals surface area contributed by atoms with Gasteiger partial charge >= 0.3 is 0 Å². The zero-order valence-corrected chi connectivity index (χ0v) is 19.2. The van der Waals surface area contributed by atoms with Crippen LogP contribution in [0.15, 0.2) is 24.4 Å². The van der Waals surface area contributed by atoms with Crippen LogP contribution in [0, 0.1) is 0 Å². The molecule has 31 heavy (non-hydrogen) atoms. The van der Waals surface area contributed by atoms with E-state index in [0.717, 1.165) is 43.7 Å². The molecular weight excluding hydrogens is 388 g/mol. The molecule has 2 aliphatic heterocycles. The summed E-state index contributed by atoms with van der Waals surface area (Å²) < 4.78 is 0. The van der Waals surface area contributed by atoms with Crippen LogP contribution in [0.3, 0.4) is 0 Å². The Labute approximate surface area is 185 Å². The van der Waals surface area contributed by atoms with Crippen LogP contribution in [0.25, 0.3) is 0 Å². The number of fused-ring (bicyclic) bond motifs is 2. The van der Waals surface area contributed by atoms with E-state index in [1.165, 1.54) is 5.56 Å². The number of carbonyl (C=O) groups is 1. The molecule has 2 aromatic rings. The predicted octanol–water partition coefficient (Wildman–Crippen LogP) is 4.76. The Morgan fingerprint density at radius 3 is 2.61 bits per heavy atom. The molecule has 0 bridgehead atoms. The highest BCUT2D eigenvalue weighted by molar-refractivity contribution is 6.11. The Hall–Kier alpha value is -2.67. The highest BCUT2D eigenvalue weighted by Gasteiger charge is 2.26. The summed E-state index contributed by atoms with van der Waals surface area (Å²) in [7, 11) is 0. The van der Waals surface area contributed by atoms with Crippen molar-refractivity contribution in [3.05, 3.63) is 35.5 Å². The summed E-state index contributed by atoms with van der Waals surface area (Å²) in [5.74, 6) is 0.912. The molecule has 1 saturated heterocycles.